The van der Waals surface area contributed by atoms with Crippen molar-refractivity contribution in [2.24, 2.45) is 5.92 Å². The molecule has 1 atom stereocenters. The lowest BCUT2D eigenvalue weighted by Crippen LogP contribution is -2.14. The molecule has 0 aliphatic heterocycles. The third-order valence-corrected chi connectivity index (χ3v) is 3.42. The molecule has 1 N–H and O–H groups in total. The lowest BCUT2D eigenvalue weighted by atomic mass is 10.0. The van der Waals surface area contributed by atoms with Crippen LogP contribution in [0.2, 0.25) is 0 Å². The first-order valence-electron chi connectivity index (χ1n) is 7.53. The lowest BCUT2D eigenvalue weighted by molar-refractivity contribution is -0.117. The van der Waals surface area contributed by atoms with E-state index in [1.54, 1.807) is 6.20 Å². The predicted molar refractivity (Wildman–Crippen MR) is 85.1 cm³/mol. The van der Waals surface area contributed by atoms with Crippen LogP contribution < -0.4 is 5.32 Å². The van der Waals surface area contributed by atoms with Gasteiger partial charge in [0.25, 0.3) is 0 Å². The van der Waals surface area contributed by atoms with Crippen molar-refractivity contribution in [3.05, 3.63) is 48.3 Å². The summed E-state index contributed by atoms with van der Waals surface area (Å²) in [5.74, 6) is 0.490. The van der Waals surface area contributed by atoms with Crippen LogP contribution in [0, 0.1) is 5.92 Å². The SMILES string of the molecule is CCCC(C)CC(=O)Nc1cnn(Cc2ccccc2)c1. The second kappa shape index (κ2) is 7.62. The van der Waals surface area contributed by atoms with Crippen LogP contribution >= 0.6 is 0 Å². The average molecular weight is 285 g/mol. The highest BCUT2D eigenvalue weighted by Crippen LogP contribution is 2.13. The molecule has 0 saturated carbocycles. The van der Waals surface area contributed by atoms with Crippen molar-refractivity contribution < 1.29 is 4.79 Å². The highest BCUT2D eigenvalue weighted by atomic mass is 16.1. The fourth-order valence-electron chi connectivity index (χ4n) is 2.41. The third kappa shape index (κ3) is 5.06. The zero-order chi connectivity index (χ0) is 15.1. The fourth-order valence-corrected chi connectivity index (χ4v) is 2.41. The molecule has 112 valence electrons. The van der Waals surface area contributed by atoms with Crippen LogP contribution in [-0.4, -0.2) is 15.7 Å². The van der Waals surface area contributed by atoms with Crippen molar-refractivity contribution in [3.8, 4) is 0 Å². The molecular formula is C17H23N3O. The smallest absolute Gasteiger partial charge is 0.224 e. The summed E-state index contributed by atoms with van der Waals surface area (Å²) in [6.45, 7) is 4.97. The van der Waals surface area contributed by atoms with E-state index in [4.69, 9.17) is 0 Å². The first kappa shape index (κ1) is 15.3. The van der Waals surface area contributed by atoms with Gasteiger partial charge >= 0.3 is 0 Å². The second-order valence-corrected chi connectivity index (χ2v) is 5.56. The molecule has 2 rings (SSSR count). The van der Waals surface area contributed by atoms with Gasteiger partial charge in [-0.25, -0.2) is 0 Å². The van der Waals surface area contributed by atoms with E-state index >= 15 is 0 Å². The summed E-state index contributed by atoms with van der Waals surface area (Å²) < 4.78 is 1.83. The molecule has 2 aromatic rings. The maximum absolute atomic E-state index is 11.9. The lowest BCUT2D eigenvalue weighted by Gasteiger charge is -2.09. The van der Waals surface area contributed by atoms with E-state index in [0.29, 0.717) is 18.9 Å². The largest absolute Gasteiger partial charge is 0.323 e. The van der Waals surface area contributed by atoms with Crippen LogP contribution in [0.4, 0.5) is 5.69 Å². The number of carbonyl (C=O) groups is 1. The minimum absolute atomic E-state index is 0.0650. The van der Waals surface area contributed by atoms with Crippen LogP contribution in [-0.2, 0) is 11.3 Å². The van der Waals surface area contributed by atoms with E-state index in [1.807, 2.05) is 29.1 Å². The summed E-state index contributed by atoms with van der Waals surface area (Å²) in [6, 6.07) is 10.1. The van der Waals surface area contributed by atoms with Gasteiger partial charge in [0.2, 0.25) is 5.91 Å². The fraction of sp³-hybridized carbons (Fsp3) is 0.412. The number of nitrogens with zero attached hydrogens (tertiary/aromatic N) is 2. The van der Waals surface area contributed by atoms with Crippen molar-refractivity contribution >= 4 is 11.6 Å². The molecule has 0 fully saturated rings. The summed E-state index contributed by atoms with van der Waals surface area (Å²) in [5.41, 5.74) is 1.95. The average Bonchev–Trinajstić information content (AvgIpc) is 2.87. The maximum Gasteiger partial charge on any atom is 0.224 e. The molecule has 1 aromatic heterocycles. The predicted octanol–water partition coefficient (Wildman–Crippen LogP) is 3.70. The van der Waals surface area contributed by atoms with Gasteiger partial charge in [-0.05, 0) is 11.5 Å². The van der Waals surface area contributed by atoms with E-state index < -0.39 is 0 Å². The number of amides is 1. The number of hydrogen-bond acceptors (Lipinski definition) is 2. The number of nitrogens with one attached hydrogen (secondary N) is 1. The van der Waals surface area contributed by atoms with Gasteiger partial charge in [-0.2, -0.15) is 5.10 Å². The number of hydrogen-bond donors (Lipinski definition) is 1. The Morgan fingerprint density at radius 3 is 2.81 bits per heavy atom. The summed E-state index contributed by atoms with van der Waals surface area (Å²) in [6.07, 6.45) is 6.34. The Kier molecular flexibility index (Phi) is 5.55. The molecule has 21 heavy (non-hydrogen) atoms. The molecule has 1 aromatic carbocycles. The molecule has 4 nitrogen and oxygen atoms in total. The van der Waals surface area contributed by atoms with Crippen LogP contribution in [0.5, 0.6) is 0 Å². The van der Waals surface area contributed by atoms with Gasteiger partial charge < -0.3 is 5.32 Å². The van der Waals surface area contributed by atoms with E-state index in [1.165, 1.54) is 5.56 Å². The molecule has 4 heteroatoms. The molecule has 0 aliphatic carbocycles. The maximum atomic E-state index is 11.9. The highest BCUT2D eigenvalue weighted by molar-refractivity contribution is 5.90. The first-order valence-corrected chi connectivity index (χ1v) is 7.53. The van der Waals surface area contributed by atoms with Gasteiger partial charge in [0.05, 0.1) is 18.4 Å². The van der Waals surface area contributed by atoms with E-state index in [0.717, 1.165) is 18.5 Å². The summed E-state index contributed by atoms with van der Waals surface area (Å²) >= 11 is 0. The zero-order valence-electron chi connectivity index (χ0n) is 12.7. The van der Waals surface area contributed by atoms with Crippen molar-refractivity contribution in [1.29, 1.82) is 0 Å². The van der Waals surface area contributed by atoms with Crippen LogP contribution in [0.1, 0.15) is 38.7 Å². The highest BCUT2D eigenvalue weighted by Gasteiger charge is 2.09. The van der Waals surface area contributed by atoms with Crippen molar-refractivity contribution in [3.63, 3.8) is 0 Å². The monoisotopic (exact) mass is 285 g/mol. The number of rotatable bonds is 7. The summed E-state index contributed by atoms with van der Waals surface area (Å²) in [4.78, 5) is 11.9. The Labute approximate surface area is 126 Å². The van der Waals surface area contributed by atoms with Crippen LogP contribution in [0.3, 0.4) is 0 Å². The van der Waals surface area contributed by atoms with Crippen molar-refractivity contribution in [1.82, 2.24) is 9.78 Å². The van der Waals surface area contributed by atoms with Gasteiger partial charge in [0.1, 0.15) is 0 Å². The molecule has 1 amide bonds. The molecule has 0 spiro atoms. The number of aromatic nitrogens is 2. The molecule has 0 bridgehead atoms. The minimum atomic E-state index is 0.0650. The molecule has 0 saturated heterocycles. The topological polar surface area (TPSA) is 46.9 Å². The van der Waals surface area contributed by atoms with Gasteiger partial charge in [-0.1, -0.05) is 57.0 Å². The third-order valence-electron chi connectivity index (χ3n) is 3.42. The van der Waals surface area contributed by atoms with Crippen LogP contribution in [0.15, 0.2) is 42.7 Å². The second-order valence-electron chi connectivity index (χ2n) is 5.56. The summed E-state index contributed by atoms with van der Waals surface area (Å²) in [5, 5.41) is 7.20. The van der Waals surface area contributed by atoms with Crippen LogP contribution in [0.25, 0.3) is 0 Å². The molecule has 1 heterocycles. The molecule has 0 aliphatic rings. The Bertz CT molecular complexity index is 562. The minimum Gasteiger partial charge on any atom is -0.323 e. The first-order chi connectivity index (χ1) is 10.2. The molecule has 1 unspecified atom stereocenters. The quantitative estimate of drug-likeness (QED) is 0.843. The van der Waals surface area contributed by atoms with E-state index in [2.05, 4.69) is 36.4 Å². The number of anilines is 1. The normalized spacial score (nSPS) is 12.1. The molecular weight excluding hydrogens is 262 g/mol. The van der Waals surface area contributed by atoms with E-state index in [9.17, 15) is 4.79 Å². The number of benzene rings is 1. The standard InChI is InChI=1S/C17H23N3O/c1-3-7-14(2)10-17(21)19-16-11-18-20(13-16)12-15-8-5-4-6-9-15/h4-6,8-9,11,13-14H,3,7,10,12H2,1-2H3,(H,19,21). The zero-order valence-corrected chi connectivity index (χ0v) is 12.7. The van der Waals surface area contributed by atoms with Gasteiger partial charge in [0.15, 0.2) is 0 Å². The Morgan fingerprint density at radius 2 is 2.10 bits per heavy atom. The van der Waals surface area contributed by atoms with Crippen molar-refractivity contribution in [2.45, 2.75) is 39.7 Å². The van der Waals surface area contributed by atoms with E-state index in [-0.39, 0.29) is 5.91 Å². The van der Waals surface area contributed by atoms with Crippen molar-refractivity contribution in [2.75, 3.05) is 5.32 Å². The van der Waals surface area contributed by atoms with Gasteiger partial charge in [-0.15, -0.1) is 0 Å². The Hall–Kier alpha value is -2.10. The van der Waals surface area contributed by atoms with Gasteiger partial charge in [0, 0.05) is 12.6 Å². The van der Waals surface area contributed by atoms with Gasteiger partial charge in [-0.3, -0.25) is 9.48 Å². The Balaban J connectivity index is 1.87. The Morgan fingerprint density at radius 1 is 1.33 bits per heavy atom. The summed E-state index contributed by atoms with van der Waals surface area (Å²) in [7, 11) is 0. The number of carbonyl (C=O) groups excluding carboxylic acids is 1. The molecule has 0 radical (unpaired) electrons.